The van der Waals surface area contributed by atoms with E-state index in [0.717, 1.165) is 34.1 Å². The lowest BCUT2D eigenvalue weighted by atomic mass is 10.2. The molecule has 0 unspecified atom stereocenters. The molecule has 3 heterocycles. The summed E-state index contributed by atoms with van der Waals surface area (Å²) in [4.78, 5) is 12.8. The third-order valence-electron chi connectivity index (χ3n) is 4.61. The highest BCUT2D eigenvalue weighted by Gasteiger charge is 2.22. The maximum Gasteiger partial charge on any atom is 0.268 e. The molecular formula is C19H18BrFN2O2S. The van der Waals surface area contributed by atoms with Crippen molar-refractivity contribution < 1.29 is 13.9 Å². The Kier molecular flexibility index (Phi) is 5.11. The normalized spacial score (nSPS) is 17.1. The highest BCUT2D eigenvalue weighted by atomic mass is 79.9. The Labute approximate surface area is 163 Å². The fraction of sp³-hybridized carbons (Fsp3) is 0.316. The second-order valence-electron chi connectivity index (χ2n) is 6.35. The van der Waals surface area contributed by atoms with E-state index in [1.807, 2.05) is 16.0 Å². The molecular weight excluding hydrogens is 419 g/mol. The summed E-state index contributed by atoms with van der Waals surface area (Å²) in [6.07, 6.45) is 2.09. The van der Waals surface area contributed by atoms with Crippen molar-refractivity contribution >= 4 is 43.4 Å². The Morgan fingerprint density at radius 3 is 3.04 bits per heavy atom. The van der Waals surface area contributed by atoms with Crippen LogP contribution < -0.4 is 5.32 Å². The average molecular weight is 437 g/mol. The molecule has 1 aromatic carbocycles. The minimum Gasteiger partial charge on any atom is -0.376 e. The van der Waals surface area contributed by atoms with Crippen LogP contribution >= 0.6 is 27.3 Å². The van der Waals surface area contributed by atoms with Gasteiger partial charge in [0.25, 0.3) is 5.91 Å². The number of nitrogens with zero attached hydrogens (tertiary/aromatic N) is 1. The van der Waals surface area contributed by atoms with Gasteiger partial charge >= 0.3 is 0 Å². The molecule has 4 rings (SSSR count). The Bertz CT molecular complexity index is 946. The van der Waals surface area contributed by atoms with Crippen molar-refractivity contribution in [3.05, 3.63) is 57.3 Å². The maximum absolute atomic E-state index is 14.2. The number of fused-ring (bicyclic) bond motifs is 1. The Hall–Kier alpha value is -1.70. The lowest BCUT2D eigenvalue weighted by Gasteiger charge is -2.14. The Morgan fingerprint density at radius 2 is 2.27 bits per heavy atom. The summed E-state index contributed by atoms with van der Waals surface area (Å²) in [6, 6.07) is 8.53. The molecule has 7 heteroatoms. The predicted octanol–water partition coefficient (Wildman–Crippen LogP) is 4.56. The predicted molar refractivity (Wildman–Crippen MR) is 104 cm³/mol. The fourth-order valence-electron chi connectivity index (χ4n) is 3.28. The molecule has 1 aliphatic rings. The summed E-state index contributed by atoms with van der Waals surface area (Å²) < 4.78 is 23.5. The number of benzene rings is 1. The van der Waals surface area contributed by atoms with Crippen molar-refractivity contribution in [1.82, 2.24) is 9.88 Å². The molecule has 1 saturated heterocycles. The first-order valence-electron chi connectivity index (χ1n) is 8.53. The number of hydrogen-bond donors (Lipinski definition) is 1. The van der Waals surface area contributed by atoms with Gasteiger partial charge in [-0.1, -0.05) is 18.2 Å². The summed E-state index contributed by atoms with van der Waals surface area (Å²) in [5.74, 6) is -0.432. The van der Waals surface area contributed by atoms with E-state index in [1.165, 1.54) is 6.07 Å². The number of ether oxygens (including phenoxy) is 1. The molecule has 1 fully saturated rings. The number of carbonyl (C=O) groups excluding carboxylic acids is 1. The molecule has 4 nitrogen and oxygen atoms in total. The van der Waals surface area contributed by atoms with Gasteiger partial charge in [0.1, 0.15) is 11.5 Å². The quantitative estimate of drug-likeness (QED) is 0.636. The van der Waals surface area contributed by atoms with Gasteiger partial charge in [-0.05, 0) is 40.9 Å². The lowest BCUT2D eigenvalue weighted by molar-refractivity contribution is 0.0851. The molecule has 0 aliphatic carbocycles. The zero-order chi connectivity index (χ0) is 18.1. The minimum atomic E-state index is -0.272. The zero-order valence-electron chi connectivity index (χ0n) is 14.0. The van der Waals surface area contributed by atoms with Crippen molar-refractivity contribution in [2.24, 2.45) is 0 Å². The van der Waals surface area contributed by atoms with Crippen molar-refractivity contribution in [2.75, 3.05) is 13.2 Å². The molecule has 3 aromatic rings. The number of hydrogen-bond acceptors (Lipinski definition) is 3. The van der Waals surface area contributed by atoms with Crippen LogP contribution in [0.3, 0.4) is 0 Å². The fourth-order valence-corrected chi connectivity index (χ4v) is 4.98. The summed E-state index contributed by atoms with van der Waals surface area (Å²) in [6.45, 7) is 1.56. The van der Waals surface area contributed by atoms with E-state index in [-0.39, 0.29) is 17.8 Å². The molecule has 0 saturated carbocycles. The van der Waals surface area contributed by atoms with Gasteiger partial charge in [0.15, 0.2) is 0 Å². The van der Waals surface area contributed by atoms with E-state index in [4.69, 9.17) is 4.74 Å². The molecule has 0 bridgehead atoms. The minimum absolute atomic E-state index is 0.0850. The van der Waals surface area contributed by atoms with Gasteiger partial charge in [0.2, 0.25) is 0 Å². The van der Waals surface area contributed by atoms with Crippen LogP contribution in [0.2, 0.25) is 0 Å². The van der Waals surface area contributed by atoms with Crippen LogP contribution in [0, 0.1) is 5.82 Å². The lowest BCUT2D eigenvalue weighted by Crippen LogP contribution is -2.33. The van der Waals surface area contributed by atoms with Crippen LogP contribution in [-0.2, 0) is 11.3 Å². The van der Waals surface area contributed by atoms with Crippen molar-refractivity contribution in [2.45, 2.75) is 25.5 Å². The van der Waals surface area contributed by atoms with Crippen molar-refractivity contribution in [1.29, 1.82) is 0 Å². The van der Waals surface area contributed by atoms with Crippen LogP contribution in [0.25, 0.3) is 10.2 Å². The van der Waals surface area contributed by atoms with Crippen LogP contribution in [0.15, 0.2) is 40.2 Å². The first kappa shape index (κ1) is 17.7. The number of aromatic nitrogens is 1. The van der Waals surface area contributed by atoms with Gasteiger partial charge in [-0.2, -0.15) is 0 Å². The third kappa shape index (κ3) is 3.43. The second kappa shape index (κ2) is 7.50. The molecule has 0 spiro atoms. The van der Waals surface area contributed by atoms with E-state index in [2.05, 4.69) is 21.2 Å². The summed E-state index contributed by atoms with van der Waals surface area (Å²) in [5, 5.41) is 4.95. The summed E-state index contributed by atoms with van der Waals surface area (Å²) >= 11 is 5.11. The molecule has 26 heavy (non-hydrogen) atoms. The molecule has 1 amide bonds. The topological polar surface area (TPSA) is 43.3 Å². The number of thiophene rings is 1. The standard InChI is InChI=1S/C19H18BrFN2O2S/c20-14-11-26-17-8-16(19(24)22-9-13-5-3-7-25-13)23(18(14)17)10-12-4-1-2-6-15(12)21/h1-2,4,6,8,11,13H,3,5,7,9-10H2,(H,22,24)/t13-/m1/s1. The molecule has 1 N–H and O–H groups in total. The van der Waals surface area contributed by atoms with Gasteiger partial charge in [-0.15, -0.1) is 11.3 Å². The van der Waals surface area contributed by atoms with Crippen LogP contribution in [0.1, 0.15) is 28.9 Å². The van der Waals surface area contributed by atoms with E-state index in [0.29, 0.717) is 24.3 Å². The Balaban J connectivity index is 1.65. The van der Waals surface area contributed by atoms with Gasteiger partial charge in [0, 0.05) is 24.1 Å². The van der Waals surface area contributed by atoms with Gasteiger partial charge < -0.3 is 14.6 Å². The van der Waals surface area contributed by atoms with Gasteiger partial charge in [-0.3, -0.25) is 4.79 Å². The number of rotatable bonds is 5. The molecule has 1 atom stereocenters. The summed E-state index contributed by atoms with van der Waals surface area (Å²) in [7, 11) is 0. The smallest absolute Gasteiger partial charge is 0.268 e. The molecule has 2 aromatic heterocycles. The Morgan fingerprint density at radius 1 is 1.42 bits per heavy atom. The number of carbonyl (C=O) groups is 1. The highest BCUT2D eigenvalue weighted by Crippen LogP contribution is 2.34. The summed E-state index contributed by atoms with van der Waals surface area (Å²) in [5.41, 5.74) is 2.01. The third-order valence-corrected chi connectivity index (χ3v) is 6.44. The van der Waals surface area contributed by atoms with E-state index >= 15 is 0 Å². The van der Waals surface area contributed by atoms with Crippen LogP contribution in [0.4, 0.5) is 4.39 Å². The van der Waals surface area contributed by atoms with Crippen LogP contribution in [0.5, 0.6) is 0 Å². The largest absolute Gasteiger partial charge is 0.376 e. The first-order chi connectivity index (χ1) is 12.6. The van der Waals surface area contributed by atoms with E-state index < -0.39 is 0 Å². The average Bonchev–Trinajstić information content (AvgIpc) is 3.34. The van der Waals surface area contributed by atoms with Crippen molar-refractivity contribution in [3.63, 3.8) is 0 Å². The number of halogens is 2. The number of nitrogens with one attached hydrogen (secondary N) is 1. The van der Waals surface area contributed by atoms with Crippen molar-refractivity contribution in [3.8, 4) is 0 Å². The number of amides is 1. The molecule has 1 aliphatic heterocycles. The van der Waals surface area contributed by atoms with E-state index in [9.17, 15) is 9.18 Å². The molecule has 0 radical (unpaired) electrons. The maximum atomic E-state index is 14.2. The van der Waals surface area contributed by atoms with Gasteiger partial charge in [-0.25, -0.2) is 4.39 Å². The van der Waals surface area contributed by atoms with Crippen LogP contribution in [-0.4, -0.2) is 29.7 Å². The molecule has 136 valence electrons. The van der Waals surface area contributed by atoms with E-state index in [1.54, 1.807) is 29.5 Å². The highest BCUT2D eigenvalue weighted by molar-refractivity contribution is 9.10. The first-order valence-corrected chi connectivity index (χ1v) is 10.2. The second-order valence-corrected chi connectivity index (χ2v) is 8.11. The SMILES string of the molecule is O=C(NC[C@H]1CCCO1)c1cc2scc(Br)c2n1Cc1ccccc1F. The van der Waals surface area contributed by atoms with Gasteiger partial charge in [0.05, 0.1) is 27.3 Å². The monoisotopic (exact) mass is 436 g/mol. The zero-order valence-corrected chi connectivity index (χ0v) is 16.4.